The third-order valence-electron chi connectivity index (χ3n) is 3.34. The fourth-order valence-electron chi connectivity index (χ4n) is 2.27. The molecule has 3 nitrogen and oxygen atoms in total. The van der Waals surface area contributed by atoms with Crippen LogP contribution in [0.2, 0.25) is 0 Å². The molecule has 0 radical (unpaired) electrons. The van der Waals surface area contributed by atoms with Gasteiger partial charge in [0.1, 0.15) is 11.6 Å². The highest BCUT2D eigenvalue weighted by atomic mass is 19.1. The number of aryl methyl sites for hydroxylation is 1. The molecule has 1 aromatic heterocycles. The van der Waals surface area contributed by atoms with Crippen molar-refractivity contribution in [2.45, 2.75) is 33.9 Å². The standard InChI is InChI=1S/C15H19F2N3/c1-4-18-8-15-10(2)19-20(11(15)3)9-12-5-13(16)7-14(17)6-12/h5-7,18H,4,8-9H2,1-3H3. The van der Waals surface area contributed by atoms with E-state index in [0.717, 1.165) is 36.1 Å². The lowest BCUT2D eigenvalue weighted by molar-refractivity contribution is 0.572. The first-order chi connectivity index (χ1) is 9.51. The summed E-state index contributed by atoms with van der Waals surface area (Å²) in [6.45, 7) is 7.98. The Kier molecular flexibility index (Phi) is 4.49. The molecule has 0 bridgehead atoms. The van der Waals surface area contributed by atoms with Gasteiger partial charge in [-0.2, -0.15) is 5.10 Å². The average Bonchev–Trinajstić information content (AvgIpc) is 2.61. The minimum absolute atomic E-state index is 0.369. The van der Waals surface area contributed by atoms with Gasteiger partial charge in [0.15, 0.2) is 0 Å². The van der Waals surface area contributed by atoms with E-state index in [2.05, 4.69) is 10.4 Å². The molecular weight excluding hydrogens is 260 g/mol. The van der Waals surface area contributed by atoms with Crippen molar-refractivity contribution >= 4 is 0 Å². The van der Waals surface area contributed by atoms with Crippen LogP contribution in [-0.2, 0) is 13.1 Å². The Morgan fingerprint density at radius 1 is 1.15 bits per heavy atom. The number of hydrogen-bond acceptors (Lipinski definition) is 2. The van der Waals surface area contributed by atoms with Crippen LogP contribution in [0.25, 0.3) is 0 Å². The molecule has 0 fully saturated rings. The minimum Gasteiger partial charge on any atom is -0.313 e. The SMILES string of the molecule is CCNCc1c(C)nn(Cc2cc(F)cc(F)c2)c1C. The molecule has 2 rings (SSSR count). The number of nitrogens with one attached hydrogen (secondary N) is 1. The van der Waals surface area contributed by atoms with Crippen LogP contribution in [0.5, 0.6) is 0 Å². The number of aromatic nitrogens is 2. The molecule has 0 aliphatic heterocycles. The van der Waals surface area contributed by atoms with Crippen molar-refractivity contribution in [1.29, 1.82) is 0 Å². The smallest absolute Gasteiger partial charge is 0.126 e. The molecule has 1 N–H and O–H groups in total. The molecule has 0 atom stereocenters. The second-order valence-electron chi connectivity index (χ2n) is 4.87. The van der Waals surface area contributed by atoms with Gasteiger partial charge in [-0.05, 0) is 38.1 Å². The summed E-state index contributed by atoms with van der Waals surface area (Å²) >= 11 is 0. The van der Waals surface area contributed by atoms with Gasteiger partial charge in [-0.1, -0.05) is 6.92 Å². The topological polar surface area (TPSA) is 29.9 Å². The van der Waals surface area contributed by atoms with Gasteiger partial charge in [-0.3, -0.25) is 4.68 Å². The molecule has 0 unspecified atom stereocenters. The molecule has 108 valence electrons. The van der Waals surface area contributed by atoms with Crippen molar-refractivity contribution < 1.29 is 8.78 Å². The van der Waals surface area contributed by atoms with Crippen molar-refractivity contribution in [3.8, 4) is 0 Å². The average molecular weight is 279 g/mol. The Morgan fingerprint density at radius 2 is 1.80 bits per heavy atom. The summed E-state index contributed by atoms with van der Waals surface area (Å²) < 4.78 is 28.2. The molecule has 1 heterocycles. The minimum atomic E-state index is -0.561. The predicted octanol–water partition coefficient (Wildman–Crippen LogP) is 2.94. The van der Waals surface area contributed by atoms with Crippen LogP contribution < -0.4 is 5.32 Å². The highest BCUT2D eigenvalue weighted by Crippen LogP contribution is 2.16. The van der Waals surface area contributed by atoms with Crippen molar-refractivity contribution in [1.82, 2.24) is 15.1 Å². The van der Waals surface area contributed by atoms with Crippen LogP contribution in [-0.4, -0.2) is 16.3 Å². The molecule has 0 amide bonds. The van der Waals surface area contributed by atoms with E-state index in [1.807, 2.05) is 20.8 Å². The third-order valence-corrected chi connectivity index (χ3v) is 3.34. The van der Waals surface area contributed by atoms with Gasteiger partial charge in [0.25, 0.3) is 0 Å². The molecule has 0 saturated heterocycles. The molecule has 5 heteroatoms. The van der Waals surface area contributed by atoms with Crippen molar-refractivity contribution in [2.75, 3.05) is 6.54 Å². The molecule has 0 aliphatic carbocycles. The fraction of sp³-hybridized carbons (Fsp3) is 0.400. The lowest BCUT2D eigenvalue weighted by atomic mass is 10.2. The van der Waals surface area contributed by atoms with E-state index in [0.29, 0.717) is 12.1 Å². The zero-order valence-electron chi connectivity index (χ0n) is 12.0. The summed E-state index contributed by atoms with van der Waals surface area (Å²) in [5.41, 5.74) is 3.68. The molecule has 20 heavy (non-hydrogen) atoms. The van der Waals surface area contributed by atoms with Crippen LogP contribution in [0.4, 0.5) is 8.78 Å². The molecule has 2 aromatic rings. The Morgan fingerprint density at radius 3 is 2.40 bits per heavy atom. The highest BCUT2D eigenvalue weighted by Gasteiger charge is 2.11. The van der Waals surface area contributed by atoms with Gasteiger partial charge in [0.2, 0.25) is 0 Å². The summed E-state index contributed by atoms with van der Waals surface area (Å²) in [5.74, 6) is -1.12. The second-order valence-corrected chi connectivity index (χ2v) is 4.87. The first-order valence-electron chi connectivity index (χ1n) is 6.69. The van der Waals surface area contributed by atoms with Gasteiger partial charge in [-0.15, -0.1) is 0 Å². The quantitative estimate of drug-likeness (QED) is 0.912. The lowest BCUT2D eigenvalue weighted by Gasteiger charge is -2.07. The van der Waals surface area contributed by atoms with Crippen LogP contribution in [0.3, 0.4) is 0 Å². The number of benzene rings is 1. The van der Waals surface area contributed by atoms with E-state index in [4.69, 9.17) is 0 Å². The zero-order valence-corrected chi connectivity index (χ0v) is 12.0. The zero-order chi connectivity index (χ0) is 14.7. The largest absolute Gasteiger partial charge is 0.313 e. The van der Waals surface area contributed by atoms with E-state index in [1.165, 1.54) is 12.1 Å². The molecule has 0 spiro atoms. The molecular formula is C15H19F2N3. The number of halogens is 2. The maximum atomic E-state index is 13.2. The Bertz CT molecular complexity index is 585. The summed E-state index contributed by atoms with van der Waals surface area (Å²) in [4.78, 5) is 0. The predicted molar refractivity (Wildman–Crippen MR) is 74.5 cm³/mol. The summed E-state index contributed by atoms with van der Waals surface area (Å²) in [5, 5.41) is 7.72. The Labute approximate surface area is 117 Å². The van der Waals surface area contributed by atoms with Crippen molar-refractivity contribution in [3.63, 3.8) is 0 Å². The van der Waals surface area contributed by atoms with Gasteiger partial charge < -0.3 is 5.32 Å². The Balaban J connectivity index is 2.25. The highest BCUT2D eigenvalue weighted by molar-refractivity contribution is 5.26. The van der Waals surface area contributed by atoms with Crippen molar-refractivity contribution in [2.24, 2.45) is 0 Å². The van der Waals surface area contributed by atoms with E-state index >= 15 is 0 Å². The van der Waals surface area contributed by atoms with Gasteiger partial charge >= 0.3 is 0 Å². The van der Waals surface area contributed by atoms with Crippen LogP contribution >= 0.6 is 0 Å². The molecule has 0 aliphatic rings. The lowest BCUT2D eigenvalue weighted by Crippen LogP contribution is -2.13. The van der Waals surface area contributed by atoms with E-state index in [9.17, 15) is 8.78 Å². The normalized spacial score (nSPS) is 11.1. The Hall–Kier alpha value is -1.75. The summed E-state index contributed by atoms with van der Waals surface area (Å²) in [6, 6.07) is 3.55. The molecule has 1 aromatic carbocycles. The van der Waals surface area contributed by atoms with Crippen LogP contribution in [0, 0.1) is 25.5 Å². The van der Waals surface area contributed by atoms with Gasteiger partial charge in [0, 0.05) is 23.9 Å². The van der Waals surface area contributed by atoms with Gasteiger partial charge in [0.05, 0.1) is 12.2 Å². The number of rotatable bonds is 5. The maximum Gasteiger partial charge on any atom is 0.126 e. The summed E-state index contributed by atoms with van der Waals surface area (Å²) in [7, 11) is 0. The van der Waals surface area contributed by atoms with Gasteiger partial charge in [-0.25, -0.2) is 8.78 Å². The monoisotopic (exact) mass is 279 g/mol. The summed E-state index contributed by atoms with van der Waals surface area (Å²) in [6.07, 6.45) is 0. The first-order valence-corrected chi connectivity index (χ1v) is 6.69. The number of hydrogen-bond donors (Lipinski definition) is 1. The maximum absolute atomic E-state index is 13.2. The van der Waals surface area contributed by atoms with E-state index in [-0.39, 0.29) is 0 Å². The fourth-order valence-corrected chi connectivity index (χ4v) is 2.27. The van der Waals surface area contributed by atoms with E-state index in [1.54, 1.807) is 4.68 Å². The van der Waals surface area contributed by atoms with E-state index < -0.39 is 11.6 Å². The number of nitrogens with zero attached hydrogens (tertiary/aromatic N) is 2. The third kappa shape index (κ3) is 3.22. The second kappa shape index (κ2) is 6.13. The van der Waals surface area contributed by atoms with Crippen LogP contribution in [0.15, 0.2) is 18.2 Å². The molecule has 0 saturated carbocycles. The van der Waals surface area contributed by atoms with Crippen molar-refractivity contribution in [3.05, 3.63) is 52.3 Å². The first kappa shape index (κ1) is 14.7. The van der Waals surface area contributed by atoms with Crippen LogP contribution in [0.1, 0.15) is 29.4 Å².